The minimum Gasteiger partial charge on any atom is -0.465 e. The SMILES string of the molecule is COC(=O)c1c(SC)nn2c(=O)/c(=C\C=C3\N4CCCc5cccc(c54)C3(C)C)c(C)nc12. The molecule has 2 aromatic heterocycles. The Morgan fingerprint density at radius 2 is 2.06 bits per heavy atom. The second kappa shape index (κ2) is 7.73. The predicted molar refractivity (Wildman–Crippen MR) is 130 cm³/mol. The first kappa shape index (κ1) is 21.7. The van der Waals surface area contributed by atoms with E-state index in [4.69, 9.17) is 4.74 Å². The van der Waals surface area contributed by atoms with E-state index in [0.29, 0.717) is 15.9 Å². The Morgan fingerprint density at radius 3 is 2.79 bits per heavy atom. The minimum atomic E-state index is -0.550. The highest BCUT2D eigenvalue weighted by Crippen LogP contribution is 2.50. The Morgan fingerprint density at radius 1 is 1.27 bits per heavy atom. The number of carbonyl (C=O) groups is 1. The van der Waals surface area contributed by atoms with Gasteiger partial charge in [0, 0.05) is 23.3 Å². The van der Waals surface area contributed by atoms with Crippen LogP contribution in [0, 0.1) is 6.92 Å². The van der Waals surface area contributed by atoms with E-state index in [1.165, 1.54) is 45.9 Å². The maximum absolute atomic E-state index is 13.4. The standard InChI is InChI=1S/C25H26N4O3S/c1-14-16(23(30)29-21(26-14)19(24(31)32-4)22(27-29)33-5)11-12-18-25(2,3)17-10-6-8-15-9-7-13-28(18)20(15)17/h6,8,10-12H,7,9,13H2,1-5H3/b16-11-,18-12+. The van der Waals surface area contributed by atoms with Crippen molar-refractivity contribution in [3.8, 4) is 0 Å². The lowest BCUT2D eigenvalue weighted by Crippen LogP contribution is -2.35. The molecule has 0 bridgehead atoms. The molecular formula is C25H26N4O3S. The van der Waals surface area contributed by atoms with Crippen molar-refractivity contribution in [2.45, 2.75) is 44.1 Å². The lowest BCUT2D eigenvalue weighted by Gasteiger charge is -2.30. The molecule has 0 radical (unpaired) electrons. The van der Waals surface area contributed by atoms with Gasteiger partial charge in [-0.3, -0.25) is 4.79 Å². The van der Waals surface area contributed by atoms with E-state index in [1.807, 2.05) is 12.2 Å². The van der Waals surface area contributed by atoms with Gasteiger partial charge in [-0.25, -0.2) is 9.78 Å². The van der Waals surface area contributed by atoms with E-state index in [9.17, 15) is 9.59 Å². The zero-order valence-corrected chi connectivity index (χ0v) is 20.2. The van der Waals surface area contributed by atoms with Crippen LogP contribution in [0.3, 0.4) is 0 Å². The van der Waals surface area contributed by atoms with Crippen LogP contribution in [0.4, 0.5) is 5.69 Å². The van der Waals surface area contributed by atoms with Crippen LogP contribution in [-0.2, 0) is 16.6 Å². The molecule has 0 unspecified atom stereocenters. The van der Waals surface area contributed by atoms with Gasteiger partial charge in [0.05, 0.1) is 18.0 Å². The Labute approximate surface area is 196 Å². The van der Waals surface area contributed by atoms with Crippen LogP contribution in [0.1, 0.15) is 47.4 Å². The first-order valence-electron chi connectivity index (χ1n) is 11.0. The maximum atomic E-state index is 13.4. The molecule has 0 saturated carbocycles. The molecular weight excluding hydrogens is 436 g/mol. The van der Waals surface area contributed by atoms with Crippen molar-refractivity contribution in [3.63, 3.8) is 0 Å². The van der Waals surface area contributed by atoms with Gasteiger partial charge in [-0.05, 0) is 49.3 Å². The summed E-state index contributed by atoms with van der Waals surface area (Å²) in [6, 6.07) is 6.56. The van der Waals surface area contributed by atoms with Crippen molar-refractivity contribution in [2.24, 2.45) is 0 Å². The van der Waals surface area contributed by atoms with Crippen LogP contribution in [0.5, 0.6) is 0 Å². The number of ether oxygens (including phenoxy) is 1. The number of allylic oxidation sites excluding steroid dienone is 2. The summed E-state index contributed by atoms with van der Waals surface area (Å²) in [7, 11) is 1.31. The summed E-state index contributed by atoms with van der Waals surface area (Å²) in [4.78, 5) is 32.6. The summed E-state index contributed by atoms with van der Waals surface area (Å²) in [6.45, 7) is 7.21. The van der Waals surface area contributed by atoms with Crippen LogP contribution >= 0.6 is 11.8 Å². The van der Waals surface area contributed by atoms with Gasteiger partial charge in [0.2, 0.25) is 0 Å². The van der Waals surface area contributed by atoms with E-state index >= 15 is 0 Å². The van der Waals surface area contributed by atoms with Gasteiger partial charge in [-0.15, -0.1) is 11.8 Å². The van der Waals surface area contributed by atoms with Crippen molar-refractivity contribution < 1.29 is 9.53 Å². The molecule has 170 valence electrons. The number of esters is 1. The summed E-state index contributed by atoms with van der Waals surface area (Å²) in [6.07, 6.45) is 7.89. The molecule has 0 atom stereocenters. The number of rotatable bonds is 3. The van der Waals surface area contributed by atoms with Crippen molar-refractivity contribution in [1.82, 2.24) is 14.6 Å². The Balaban J connectivity index is 1.70. The molecule has 33 heavy (non-hydrogen) atoms. The number of benzene rings is 1. The molecule has 0 saturated heterocycles. The third-order valence-electron chi connectivity index (χ3n) is 6.73. The van der Waals surface area contributed by atoms with Crippen molar-refractivity contribution in [2.75, 3.05) is 24.8 Å². The summed E-state index contributed by atoms with van der Waals surface area (Å²) < 4.78 is 6.10. The molecule has 7 nitrogen and oxygen atoms in total. The molecule has 0 fully saturated rings. The molecule has 2 aliphatic rings. The average Bonchev–Trinajstić information content (AvgIpc) is 3.28. The number of aryl methyl sites for hydroxylation is 2. The molecule has 1 aromatic carbocycles. The molecule has 3 aromatic rings. The minimum absolute atomic E-state index is 0.170. The molecule has 4 heterocycles. The molecule has 0 aliphatic carbocycles. The van der Waals surface area contributed by atoms with Crippen LogP contribution in [-0.4, -0.2) is 40.5 Å². The lowest BCUT2D eigenvalue weighted by molar-refractivity contribution is 0.0598. The number of fused-ring (bicyclic) bond motifs is 1. The predicted octanol–water partition coefficient (Wildman–Crippen LogP) is 3.03. The molecule has 0 N–H and O–H groups in total. The largest absolute Gasteiger partial charge is 0.465 e. The van der Waals surface area contributed by atoms with Crippen LogP contribution in [0.15, 0.2) is 39.8 Å². The van der Waals surface area contributed by atoms with E-state index in [1.54, 1.807) is 13.2 Å². The smallest absolute Gasteiger partial charge is 0.344 e. The maximum Gasteiger partial charge on any atom is 0.344 e. The Bertz CT molecular complexity index is 1450. The lowest BCUT2D eigenvalue weighted by atomic mass is 9.83. The quantitative estimate of drug-likeness (QED) is 0.437. The summed E-state index contributed by atoms with van der Waals surface area (Å²) in [5.41, 5.74) is 5.74. The Kier molecular flexibility index (Phi) is 5.08. The number of aromatic nitrogens is 3. The van der Waals surface area contributed by atoms with Crippen molar-refractivity contribution >= 4 is 35.1 Å². The number of hydrogen-bond donors (Lipinski definition) is 0. The second-order valence-electron chi connectivity index (χ2n) is 8.94. The van der Waals surface area contributed by atoms with Gasteiger partial charge in [-0.1, -0.05) is 32.0 Å². The number of thioether (sulfide) groups is 1. The zero-order chi connectivity index (χ0) is 23.5. The van der Waals surface area contributed by atoms with E-state index < -0.39 is 5.97 Å². The van der Waals surface area contributed by atoms with Gasteiger partial charge >= 0.3 is 5.97 Å². The summed E-state index contributed by atoms with van der Waals surface area (Å²) in [5, 5.41) is 5.24. The molecule has 8 heteroatoms. The number of para-hydroxylation sites is 1. The highest BCUT2D eigenvalue weighted by molar-refractivity contribution is 7.98. The highest BCUT2D eigenvalue weighted by Gasteiger charge is 2.41. The number of hydrogen-bond acceptors (Lipinski definition) is 7. The highest BCUT2D eigenvalue weighted by atomic mass is 32.2. The fourth-order valence-electron chi connectivity index (χ4n) is 5.07. The first-order chi connectivity index (χ1) is 15.8. The van der Waals surface area contributed by atoms with Crippen LogP contribution < -0.4 is 15.7 Å². The summed E-state index contributed by atoms with van der Waals surface area (Å²) in [5.74, 6) is -0.550. The van der Waals surface area contributed by atoms with Crippen molar-refractivity contribution in [1.29, 1.82) is 0 Å². The monoisotopic (exact) mass is 462 g/mol. The molecule has 0 spiro atoms. The topological polar surface area (TPSA) is 76.8 Å². The number of methoxy groups -OCH3 is 1. The molecule has 0 amide bonds. The average molecular weight is 463 g/mol. The second-order valence-corrected chi connectivity index (χ2v) is 9.73. The van der Waals surface area contributed by atoms with E-state index in [0.717, 1.165) is 19.4 Å². The Hall–Kier alpha value is -3.13. The number of anilines is 1. The zero-order valence-electron chi connectivity index (χ0n) is 19.4. The first-order valence-corrected chi connectivity index (χ1v) is 12.2. The van der Waals surface area contributed by atoms with Gasteiger partial charge in [0.1, 0.15) is 10.6 Å². The van der Waals surface area contributed by atoms with Crippen LogP contribution in [0.2, 0.25) is 0 Å². The van der Waals surface area contributed by atoms with E-state index in [-0.39, 0.29) is 22.2 Å². The van der Waals surface area contributed by atoms with Crippen LogP contribution in [0.25, 0.3) is 11.7 Å². The third-order valence-corrected chi connectivity index (χ3v) is 7.40. The number of nitrogens with zero attached hydrogens (tertiary/aromatic N) is 4. The third kappa shape index (κ3) is 3.11. The fraction of sp³-hybridized carbons (Fsp3) is 0.360. The van der Waals surface area contributed by atoms with Gasteiger partial charge in [-0.2, -0.15) is 9.61 Å². The van der Waals surface area contributed by atoms with Gasteiger partial charge in [0.15, 0.2) is 5.65 Å². The van der Waals surface area contributed by atoms with E-state index in [2.05, 4.69) is 47.0 Å². The molecule has 5 rings (SSSR count). The molecule has 2 aliphatic heterocycles. The fourth-order valence-corrected chi connectivity index (χ4v) is 5.61. The van der Waals surface area contributed by atoms with Crippen molar-refractivity contribution in [3.05, 3.63) is 67.9 Å². The summed E-state index contributed by atoms with van der Waals surface area (Å²) >= 11 is 1.28. The van der Waals surface area contributed by atoms with Gasteiger partial charge < -0.3 is 9.64 Å². The normalized spacial score (nSPS) is 18.3. The number of carbonyl (C=O) groups excluding carboxylic acids is 1. The van der Waals surface area contributed by atoms with Gasteiger partial charge in [0.25, 0.3) is 5.56 Å².